The first-order chi connectivity index (χ1) is 12.3. The van der Waals surface area contributed by atoms with Crippen LogP contribution in [0.5, 0.6) is 0 Å². The average Bonchev–Trinajstić information content (AvgIpc) is 3.02. The van der Waals surface area contributed by atoms with Crippen LogP contribution in [0.2, 0.25) is 0 Å². The Labute approximate surface area is 154 Å². The van der Waals surface area contributed by atoms with Crippen molar-refractivity contribution >= 4 is 27.4 Å². The summed E-state index contributed by atoms with van der Waals surface area (Å²) in [5, 5.41) is 1.36. The zero-order chi connectivity index (χ0) is 17.2. The van der Waals surface area contributed by atoms with E-state index in [1.54, 1.807) is 10.4 Å². The molecule has 2 aromatic heterocycles. The van der Waals surface area contributed by atoms with Gasteiger partial charge in [-0.3, -0.25) is 0 Å². The molecule has 136 valence electrons. The smallest absolute Gasteiger partial charge is 0.141 e. The van der Waals surface area contributed by atoms with Crippen LogP contribution >= 0.6 is 11.3 Å². The summed E-state index contributed by atoms with van der Waals surface area (Å²) < 4.78 is 5.51. The quantitative estimate of drug-likeness (QED) is 0.794. The maximum atomic E-state index is 5.51. The Morgan fingerprint density at radius 3 is 2.60 bits per heavy atom. The minimum Gasteiger partial charge on any atom is -0.381 e. The minimum absolute atomic E-state index is 0.672. The summed E-state index contributed by atoms with van der Waals surface area (Å²) in [5.41, 5.74) is 1.55. The zero-order valence-corrected chi connectivity index (χ0v) is 16.3. The fraction of sp³-hybridized carbons (Fsp3) is 0.700. The molecular weight excluding hydrogens is 330 g/mol. The van der Waals surface area contributed by atoms with Gasteiger partial charge in [-0.1, -0.05) is 0 Å². The standard InChI is InChI=1S/C20H29N3OS/c1-3-23(4-2)19-18-15-7-5-6-8-16(15)25-20(18)22-17(21-19)13-14-9-11-24-12-10-14/h14H,3-13H2,1-2H3. The van der Waals surface area contributed by atoms with Crippen molar-refractivity contribution in [1.82, 2.24) is 9.97 Å². The highest BCUT2D eigenvalue weighted by molar-refractivity contribution is 7.19. The van der Waals surface area contributed by atoms with E-state index in [1.807, 2.05) is 11.3 Å². The number of aryl methyl sites for hydroxylation is 2. The third kappa shape index (κ3) is 3.41. The Balaban J connectivity index is 1.77. The molecule has 0 unspecified atom stereocenters. The summed E-state index contributed by atoms with van der Waals surface area (Å²) in [5.74, 6) is 2.90. The van der Waals surface area contributed by atoms with Gasteiger partial charge in [-0.25, -0.2) is 9.97 Å². The van der Waals surface area contributed by atoms with Gasteiger partial charge < -0.3 is 9.64 Å². The van der Waals surface area contributed by atoms with Crippen molar-refractivity contribution in [3.05, 3.63) is 16.3 Å². The molecule has 0 aromatic carbocycles. The fourth-order valence-corrected chi connectivity index (χ4v) is 5.51. The first-order valence-electron chi connectivity index (χ1n) is 9.94. The lowest BCUT2D eigenvalue weighted by Crippen LogP contribution is -2.25. The molecule has 0 bridgehead atoms. The SMILES string of the molecule is CCN(CC)c1nc(CC2CCOCC2)nc2sc3c(c12)CCCC3. The largest absolute Gasteiger partial charge is 0.381 e. The van der Waals surface area contributed by atoms with Gasteiger partial charge in [0, 0.05) is 37.6 Å². The van der Waals surface area contributed by atoms with Crippen molar-refractivity contribution in [1.29, 1.82) is 0 Å². The molecule has 0 N–H and O–H groups in total. The number of rotatable bonds is 5. The van der Waals surface area contributed by atoms with Crippen molar-refractivity contribution in [3.63, 3.8) is 0 Å². The van der Waals surface area contributed by atoms with Crippen LogP contribution in [-0.4, -0.2) is 36.3 Å². The molecule has 2 aliphatic rings. The molecule has 1 aliphatic heterocycles. The molecule has 5 heteroatoms. The van der Waals surface area contributed by atoms with Crippen LogP contribution in [0, 0.1) is 5.92 Å². The first-order valence-corrected chi connectivity index (χ1v) is 10.8. The van der Waals surface area contributed by atoms with Crippen molar-refractivity contribution in [3.8, 4) is 0 Å². The second-order valence-electron chi connectivity index (χ2n) is 7.29. The predicted molar refractivity (Wildman–Crippen MR) is 105 cm³/mol. The molecule has 4 nitrogen and oxygen atoms in total. The van der Waals surface area contributed by atoms with E-state index in [1.165, 1.54) is 41.7 Å². The normalized spacial score (nSPS) is 18.5. The van der Waals surface area contributed by atoms with E-state index >= 15 is 0 Å². The molecule has 3 heterocycles. The van der Waals surface area contributed by atoms with Crippen molar-refractivity contribution in [2.24, 2.45) is 5.92 Å². The number of thiophene rings is 1. The van der Waals surface area contributed by atoms with Crippen LogP contribution in [-0.2, 0) is 24.0 Å². The Bertz CT molecular complexity index is 732. The van der Waals surface area contributed by atoms with E-state index in [0.29, 0.717) is 5.92 Å². The van der Waals surface area contributed by atoms with Gasteiger partial charge in [0.15, 0.2) is 0 Å². The fourth-order valence-electron chi connectivity index (χ4n) is 4.23. The molecule has 25 heavy (non-hydrogen) atoms. The number of nitrogens with zero attached hydrogens (tertiary/aromatic N) is 3. The summed E-state index contributed by atoms with van der Waals surface area (Å²) >= 11 is 1.93. The predicted octanol–water partition coefficient (Wildman–Crippen LogP) is 4.39. The van der Waals surface area contributed by atoms with Gasteiger partial charge in [-0.2, -0.15) is 0 Å². The van der Waals surface area contributed by atoms with Crippen LogP contribution < -0.4 is 4.90 Å². The van der Waals surface area contributed by atoms with Crippen LogP contribution in [0.15, 0.2) is 0 Å². The molecule has 2 aromatic rings. The molecule has 4 rings (SSSR count). The molecule has 1 aliphatic carbocycles. The highest BCUT2D eigenvalue weighted by Gasteiger charge is 2.24. The summed E-state index contributed by atoms with van der Waals surface area (Å²) in [4.78, 5) is 15.3. The third-order valence-electron chi connectivity index (χ3n) is 5.72. The number of hydrogen-bond donors (Lipinski definition) is 0. The minimum atomic E-state index is 0.672. The maximum absolute atomic E-state index is 5.51. The summed E-state index contributed by atoms with van der Waals surface area (Å²) in [7, 11) is 0. The van der Waals surface area contributed by atoms with Crippen LogP contribution in [0.25, 0.3) is 10.2 Å². The Kier molecular flexibility index (Phi) is 5.23. The van der Waals surface area contributed by atoms with E-state index < -0.39 is 0 Å². The lowest BCUT2D eigenvalue weighted by atomic mass is 9.95. The van der Waals surface area contributed by atoms with E-state index in [0.717, 1.165) is 51.4 Å². The zero-order valence-electron chi connectivity index (χ0n) is 15.5. The monoisotopic (exact) mass is 359 g/mol. The number of hydrogen-bond acceptors (Lipinski definition) is 5. The Hall–Kier alpha value is -1.20. The molecule has 0 saturated carbocycles. The number of anilines is 1. The lowest BCUT2D eigenvalue weighted by Gasteiger charge is -2.24. The number of ether oxygens (including phenoxy) is 1. The second kappa shape index (κ2) is 7.58. The van der Waals surface area contributed by atoms with Gasteiger partial charge in [0.25, 0.3) is 0 Å². The van der Waals surface area contributed by atoms with Gasteiger partial charge in [0.1, 0.15) is 16.5 Å². The van der Waals surface area contributed by atoms with Crippen LogP contribution in [0.4, 0.5) is 5.82 Å². The number of fused-ring (bicyclic) bond motifs is 3. The highest BCUT2D eigenvalue weighted by Crippen LogP contribution is 2.40. The van der Waals surface area contributed by atoms with E-state index in [4.69, 9.17) is 14.7 Å². The van der Waals surface area contributed by atoms with Gasteiger partial charge in [0.2, 0.25) is 0 Å². The molecule has 1 saturated heterocycles. The van der Waals surface area contributed by atoms with Gasteiger partial charge in [-0.15, -0.1) is 11.3 Å². The van der Waals surface area contributed by atoms with Crippen molar-refractivity contribution in [2.45, 2.75) is 58.8 Å². The lowest BCUT2D eigenvalue weighted by molar-refractivity contribution is 0.0660. The number of aromatic nitrogens is 2. The Morgan fingerprint density at radius 2 is 1.84 bits per heavy atom. The van der Waals surface area contributed by atoms with Crippen LogP contribution in [0.3, 0.4) is 0 Å². The van der Waals surface area contributed by atoms with Crippen molar-refractivity contribution < 1.29 is 4.74 Å². The topological polar surface area (TPSA) is 38.2 Å². The Morgan fingerprint density at radius 1 is 1.08 bits per heavy atom. The summed E-state index contributed by atoms with van der Waals surface area (Å²) in [6.45, 7) is 8.25. The molecule has 1 fully saturated rings. The molecular formula is C20H29N3OS. The molecule has 0 spiro atoms. The van der Waals surface area contributed by atoms with Crippen molar-refractivity contribution in [2.75, 3.05) is 31.2 Å². The van der Waals surface area contributed by atoms with Gasteiger partial charge >= 0.3 is 0 Å². The van der Waals surface area contributed by atoms with E-state index in [2.05, 4.69) is 18.7 Å². The van der Waals surface area contributed by atoms with E-state index in [-0.39, 0.29) is 0 Å². The molecule has 0 radical (unpaired) electrons. The molecule has 0 atom stereocenters. The highest BCUT2D eigenvalue weighted by atomic mass is 32.1. The maximum Gasteiger partial charge on any atom is 0.141 e. The van der Waals surface area contributed by atoms with E-state index in [9.17, 15) is 0 Å². The first kappa shape index (κ1) is 17.2. The van der Waals surface area contributed by atoms with Crippen LogP contribution in [0.1, 0.15) is 55.8 Å². The van der Waals surface area contributed by atoms with Gasteiger partial charge in [0.05, 0.1) is 5.39 Å². The second-order valence-corrected chi connectivity index (χ2v) is 8.37. The summed E-state index contributed by atoms with van der Waals surface area (Å²) in [6.07, 6.45) is 8.33. The third-order valence-corrected chi connectivity index (χ3v) is 6.90. The molecule has 0 amide bonds. The summed E-state index contributed by atoms with van der Waals surface area (Å²) in [6, 6.07) is 0. The average molecular weight is 360 g/mol. The van der Waals surface area contributed by atoms with Gasteiger partial charge in [-0.05, 0) is 63.9 Å².